The summed E-state index contributed by atoms with van der Waals surface area (Å²) in [6, 6.07) is 35.1. The van der Waals surface area contributed by atoms with Crippen molar-refractivity contribution < 1.29 is 9.47 Å². The molecule has 5 nitrogen and oxygen atoms in total. The Morgan fingerprint density at radius 2 is 1.77 bits per heavy atom. The Morgan fingerprint density at radius 1 is 0.979 bits per heavy atom. The minimum atomic E-state index is -0.218. The molecule has 1 atom stereocenters. The van der Waals surface area contributed by atoms with Gasteiger partial charge in [0.15, 0.2) is 16.3 Å². The van der Waals surface area contributed by atoms with Crippen LogP contribution in [0.15, 0.2) is 123 Å². The summed E-state index contributed by atoms with van der Waals surface area (Å²) in [5, 5.41) is 2.35. The average molecular weight is 812 g/mol. The molecular weight excluding hydrogens is 783 g/mol. The van der Waals surface area contributed by atoms with Crippen LogP contribution in [0.25, 0.3) is 22.5 Å². The van der Waals surface area contributed by atoms with Gasteiger partial charge in [-0.2, -0.15) is 0 Å². The first kappa shape index (κ1) is 30.4. The molecule has 5 aromatic carbocycles. The summed E-state index contributed by atoms with van der Waals surface area (Å²) in [7, 11) is 1.65. The summed E-state index contributed by atoms with van der Waals surface area (Å²) in [5.41, 5.74) is 7.65. The standard InChI is InChI=1S/C39H28BrIN2O3S/c1-45-33-20-23(19-32(41)37(33)46-22-27-10-6-9-24-7-2-4-11-29(24)27)21-34-38(44)43-36(26-13-16-28(40)17-14-26)31-18-15-25-8-3-5-12-30(25)35(31)42-39(43)47-34/h2-14,16-17,19-21,36H,15,18,22H2,1H3/b34-21-/t36-/m0/s1. The number of benzene rings is 5. The first-order valence-corrected chi connectivity index (χ1v) is 18.0. The number of aryl methyl sites for hydroxylation is 1. The molecule has 0 radical (unpaired) electrons. The Bertz CT molecular complexity index is 2410. The Morgan fingerprint density at radius 3 is 2.62 bits per heavy atom. The van der Waals surface area contributed by atoms with Gasteiger partial charge >= 0.3 is 0 Å². The maximum atomic E-state index is 14.3. The van der Waals surface area contributed by atoms with Crippen LogP contribution in [0.3, 0.4) is 0 Å². The normalized spacial score (nSPS) is 15.6. The minimum absolute atomic E-state index is 0.0441. The molecule has 2 aliphatic rings. The summed E-state index contributed by atoms with van der Waals surface area (Å²) in [6.45, 7) is 0.412. The van der Waals surface area contributed by atoms with E-state index in [2.05, 4.69) is 105 Å². The smallest absolute Gasteiger partial charge is 0.271 e. The third-order valence-electron chi connectivity index (χ3n) is 8.86. The van der Waals surface area contributed by atoms with Crippen LogP contribution in [0, 0.1) is 3.57 Å². The number of methoxy groups -OCH3 is 1. The van der Waals surface area contributed by atoms with Gasteiger partial charge in [-0.3, -0.25) is 9.36 Å². The summed E-state index contributed by atoms with van der Waals surface area (Å²) in [6.07, 6.45) is 3.73. The lowest BCUT2D eigenvalue weighted by Crippen LogP contribution is -2.38. The van der Waals surface area contributed by atoms with E-state index in [1.807, 2.05) is 47.0 Å². The lowest BCUT2D eigenvalue weighted by Gasteiger charge is -2.30. The molecule has 8 heteroatoms. The number of aromatic nitrogens is 1. The topological polar surface area (TPSA) is 52.8 Å². The largest absolute Gasteiger partial charge is 0.493 e. The minimum Gasteiger partial charge on any atom is -0.493 e. The number of hydrogen-bond donors (Lipinski definition) is 0. The zero-order valence-electron chi connectivity index (χ0n) is 25.4. The number of allylic oxidation sites excluding steroid dienone is 1. The number of rotatable bonds is 6. The second-order valence-electron chi connectivity index (χ2n) is 11.6. The predicted molar refractivity (Wildman–Crippen MR) is 201 cm³/mol. The lowest BCUT2D eigenvalue weighted by molar-refractivity contribution is 0.283. The van der Waals surface area contributed by atoms with Gasteiger partial charge in [0.1, 0.15) is 6.61 Å². The van der Waals surface area contributed by atoms with Crippen molar-refractivity contribution in [2.75, 3.05) is 7.11 Å². The van der Waals surface area contributed by atoms with E-state index >= 15 is 0 Å². The van der Waals surface area contributed by atoms with Crippen LogP contribution in [0.1, 0.15) is 40.3 Å². The van der Waals surface area contributed by atoms with Crippen molar-refractivity contribution in [2.24, 2.45) is 4.99 Å². The van der Waals surface area contributed by atoms with Gasteiger partial charge in [0.05, 0.1) is 27.0 Å². The third-order valence-corrected chi connectivity index (χ3v) is 11.2. The number of ether oxygens (including phenoxy) is 2. The Labute approximate surface area is 297 Å². The Kier molecular flexibility index (Phi) is 8.11. The van der Waals surface area contributed by atoms with Crippen molar-refractivity contribution in [3.63, 3.8) is 0 Å². The van der Waals surface area contributed by atoms with Gasteiger partial charge in [-0.05, 0) is 104 Å². The van der Waals surface area contributed by atoms with Gasteiger partial charge in [0.2, 0.25) is 0 Å². The lowest BCUT2D eigenvalue weighted by atomic mass is 9.83. The number of halogens is 2. The van der Waals surface area contributed by atoms with E-state index in [-0.39, 0.29) is 11.6 Å². The monoisotopic (exact) mass is 810 g/mol. The molecule has 0 unspecified atom stereocenters. The van der Waals surface area contributed by atoms with E-state index in [4.69, 9.17) is 14.5 Å². The van der Waals surface area contributed by atoms with Crippen LogP contribution in [0.4, 0.5) is 0 Å². The fourth-order valence-electron chi connectivity index (χ4n) is 6.65. The molecule has 0 spiro atoms. The third kappa shape index (κ3) is 5.56. The second kappa shape index (κ2) is 12.6. The van der Waals surface area contributed by atoms with E-state index in [9.17, 15) is 4.79 Å². The summed E-state index contributed by atoms with van der Waals surface area (Å²) in [4.78, 5) is 20.1. The van der Waals surface area contributed by atoms with Gasteiger partial charge in [-0.25, -0.2) is 4.99 Å². The van der Waals surface area contributed by atoms with Crippen LogP contribution in [0.5, 0.6) is 11.5 Å². The molecule has 1 aliphatic carbocycles. The van der Waals surface area contributed by atoms with Crippen LogP contribution in [0.2, 0.25) is 0 Å². The van der Waals surface area contributed by atoms with Gasteiger partial charge < -0.3 is 9.47 Å². The van der Waals surface area contributed by atoms with Gasteiger partial charge in [0.25, 0.3) is 5.56 Å². The SMILES string of the molecule is COc1cc(/C=c2\sc3n(c2=O)[C@@H](c2ccc(Br)cc2)C2=C(N=3)c3ccccc3CC2)cc(I)c1OCc1cccc2ccccc12. The summed E-state index contributed by atoms with van der Waals surface area (Å²) >= 11 is 7.30. The highest BCUT2D eigenvalue weighted by Gasteiger charge is 2.32. The van der Waals surface area contributed by atoms with E-state index in [0.29, 0.717) is 27.4 Å². The quantitative estimate of drug-likeness (QED) is 0.159. The molecule has 2 heterocycles. The van der Waals surface area contributed by atoms with Gasteiger partial charge in [-0.15, -0.1) is 0 Å². The highest BCUT2D eigenvalue weighted by Crippen LogP contribution is 2.41. The van der Waals surface area contributed by atoms with E-state index < -0.39 is 0 Å². The molecule has 1 aromatic heterocycles. The second-order valence-corrected chi connectivity index (χ2v) is 14.7. The molecule has 1 aliphatic heterocycles. The van der Waals surface area contributed by atoms with Gasteiger partial charge in [0, 0.05) is 10.0 Å². The average Bonchev–Trinajstić information content (AvgIpc) is 3.40. The molecule has 0 saturated carbocycles. The maximum absolute atomic E-state index is 14.3. The van der Waals surface area contributed by atoms with Crippen molar-refractivity contribution >= 4 is 72.4 Å². The van der Waals surface area contributed by atoms with Crippen molar-refractivity contribution in [3.8, 4) is 11.5 Å². The molecule has 0 fully saturated rings. The fourth-order valence-corrected chi connectivity index (χ4v) is 8.70. The number of fused-ring (bicyclic) bond motifs is 4. The Balaban J connectivity index is 1.20. The predicted octanol–water partition coefficient (Wildman–Crippen LogP) is 8.43. The molecule has 0 bridgehead atoms. The van der Waals surface area contributed by atoms with Crippen molar-refractivity contribution in [1.82, 2.24) is 4.57 Å². The summed E-state index contributed by atoms with van der Waals surface area (Å²) in [5.74, 6) is 1.30. The van der Waals surface area contributed by atoms with Crippen molar-refractivity contribution in [2.45, 2.75) is 25.5 Å². The molecule has 8 rings (SSSR count). The summed E-state index contributed by atoms with van der Waals surface area (Å²) < 4.78 is 16.6. The highest BCUT2D eigenvalue weighted by atomic mass is 127. The van der Waals surface area contributed by atoms with E-state index in [1.165, 1.54) is 33.2 Å². The number of hydrogen-bond acceptors (Lipinski definition) is 5. The highest BCUT2D eigenvalue weighted by molar-refractivity contribution is 14.1. The fraction of sp³-hybridized carbons (Fsp3) is 0.128. The zero-order chi connectivity index (χ0) is 32.1. The molecule has 0 saturated heterocycles. The van der Waals surface area contributed by atoms with E-state index in [1.54, 1.807) is 7.11 Å². The maximum Gasteiger partial charge on any atom is 0.271 e. The number of thiazole rings is 1. The van der Waals surface area contributed by atoms with Crippen molar-refractivity contribution in [3.05, 3.63) is 164 Å². The molecule has 232 valence electrons. The van der Waals surface area contributed by atoms with Crippen LogP contribution in [-0.4, -0.2) is 11.7 Å². The first-order chi connectivity index (χ1) is 23.0. The number of nitrogens with zero attached hydrogens (tertiary/aromatic N) is 2. The molecular formula is C39H28BrIN2O3S. The van der Waals surface area contributed by atoms with Crippen LogP contribution in [-0.2, 0) is 13.0 Å². The van der Waals surface area contributed by atoms with Crippen molar-refractivity contribution in [1.29, 1.82) is 0 Å². The van der Waals surface area contributed by atoms with E-state index in [0.717, 1.165) is 48.8 Å². The molecule has 47 heavy (non-hydrogen) atoms. The van der Waals surface area contributed by atoms with Gasteiger partial charge in [-0.1, -0.05) is 106 Å². The van der Waals surface area contributed by atoms with Crippen LogP contribution < -0.4 is 24.4 Å². The molecule has 0 N–H and O–H groups in total. The Hall–Kier alpha value is -3.99. The van der Waals surface area contributed by atoms with Crippen LogP contribution >= 0.6 is 49.9 Å². The first-order valence-electron chi connectivity index (χ1n) is 15.3. The molecule has 0 amide bonds. The molecule has 6 aromatic rings. The zero-order valence-corrected chi connectivity index (χ0v) is 29.9.